The minimum Gasteiger partial charge on any atom is -0.373 e. The smallest absolute Gasteiger partial charge is 0.133 e. The summed E-state index contributed by atoms with van der Waals surface area (Å²) in [5.74, 6) is 1.21. The Morgan fingerprint density at radius 2 is 2.12 bits per heavy atom. The first-order valence-corrected chi connectivity index (χ1v) is 6.67. The summed E-state index contributed by atoms with van der Waals surface area (Å²) < 4.78 is 0. The molecule has 0 saturated carbocycles. The van der Waals surface area contributed by atoms with Crippen LogP contribution in [0.15, 0.2) is 17.8 Å². The van der Waals surface area contributed by atoms with Crippen molar-refractivity contribution in [2.45, 2.75) is 19.8 Å². The molecule has 0 fully saturated rings. The maximum atomic E-state index is 6.18. The first kappa shape index (κ1) is 12.3. The predicted molar refractivity (Wildman–Crippen MR) is 74.0 cm³/mol. The van der Waals surface area contributed by atoms with Crippen molar-refractivity contribution in [1.29, 1.82) is 0 Å². The molecule has 0 amide bonds. The lowest BCUT2D eigenvalue weighted by Crippen LogP contribution is -2.04. The molecule has 3 nitrogen and oxygen atoms in total. The number of rotatable bonds is 3. The molecule has 0 saturated heterocycles. The fourth-order valence-corrected chi connectivity index (χ4v) is 2.94. The van der Waals surface area contributed by atoms with Gasteiger partial charge in [0.1, 0.15) is 12.1 Å². The van der Waals surface area contributed by atoms with Gasteiger partial charge in [-0.2, -0.15) is 0 Å². The molecule has 0 radical (unpaired) electrons. The fourth-order valence-electron chi connectivity index (χ4n) is 1.79. The Kier molecular flexibility index (Phi) is 3.64. The molecule has 1 N–H and O–H groups in total. The number of thiophene rings is 1. The van der Waals surface area contributed by atoms with E-state index in [0.717, 1.165) is 27.0 Å². The van der Waals surface area contributed by atoms with Crippen LogP contribution in [0.25, 0.3) is 10.6 Å². The Morgan fingerprint density at radius 1 is 1.35 bits per heavy atom. The van der Waals surface area contributed by atoms with Gasteiger partial charge in [0, 0.05) is 12.6 Å². The van der Waals surface area contributed by atoms with Crippen molar-refractivity contribution in [3.05, 3.63) is 28.4 Å². The average Bonchev–Trinajstić information content (AvgIpc) is 2.74. The lowest BCUT2D eigenvalue weighted by Gasteiger charge is -2.14. The number of halogens is 1. The molecule has 0 aliphatic heterocycles. The van der Waals surface area contributed by atoms with E-state index in [1.165, 1.54) is 0 Å². The van der Waals surface area contributed by atoms with E-state index in [4.69, 9.17) is 11.6 Å². The third-order valence-electron chi connectivity index (χ3n) is 2.53. The van der Waals surface area contributed by atoms with E-state index in [-0.39, 0.29) is 0 Å². The van der Waals surface area contributed by atoms with E-state index >= 15 is 0 Å². The van der Waals surface area contributed by atoms with Crippen molar-refractivity contribution in [2.75, 3.05) is 12.4 Å². The standard InChI is InChI=1S/C12H14ClN3S/c1-7(2)9-10(11-8(13)4-5-17-11)15-6-16-12(9)14-3/h4-7H,1-3H3,(H,14,15,16). The Hall–Kier alpha value is -1.13. The number of nitrogens with one attached hydrogen (secondary N) is 1. The second kappa shape index (κ2) is 5.02. The van der Waals surface area contributed by atoms with Gasteiger partial charge in [0.25, 0.3) is 0 Å². The molecular formula is C12H14ClN3S. The molecule has 17 heavy (non-hydrogen) atoms. The van der Waals surface area contributed by atoms with E-state index in [1.54, 1.807) is 17.7 Å². The normalized spacial score (nSPS) is 10.9. The summed E-state index contributed by atoms with van der Waals surface area (Å²) in [5.41, 5.74) is 2.04. The SMILES string of the molecule is CNc1ncnc(-c2sccc2Cl)c1C(C)C. The van der Waals surface area contributed by atoms with Gasteiger partial charge in [-0.3, -0.25) is 0 Å². The fraction of sp³-hybridized carbons (Fsp3) is 0.333. The number of anilines is 1. The van der Waals surface area contributed by atoms with Gasteiger partial charge in [-0.25, -0.2) is 9.97 Å². The molecule has 2 aromatic heterocycles. The van der Waals surface area contributed by atoms with Crippen molar-refractivity contribution in [3.8, 4) is 10.6 Å². The molecule has 2 rings (SSSR count). The van der Waals surface area contributed by atoms with Crippen LogP contribution in [-0.4, -0.2) is 17.0 Å². The number of hydrogen-bond donors (Lipinski definition) is 1. The largest absolute Gasteiger partial charge is 0.373 e. The van der Waals surface area contributed by atoms with Crippen LogP contribution >= 0.6 is 22.9 Å². The van der Waals surface area contributed by atoms with Crippen molar-refractivity contribution in [3.63, 3.8) is 0 Å². The summed E-state index contributed by atoms with van der Waals surface area (Å²) in [7, 11) is 1.87. The van der Waals surface area contributed by atoms with Gasteiger partial charge < -0.3 is 5.32 Å². The van der Waals surface area contributed by atoms with Crippen LogP contribution in [0.4, 0.5) is 5.82 Å². The predicted octanol–water partition coefficient (Wildman–Crippen LogP) is 4.02. The van der Waals surface area contributed by atoms with Crippen LogP contribution < -0.4 is 5.32 Å². The molecule has 90 valence electrons. The minimum atomic E-state index is 0.340. The molecule has 0 aromatic carbocycles. The highest BCUT2D eigenvalue weighted by molar-refractivity contribution is 7.14. The number of aromatic nitrogens is 2. The third-order valence-corrected chi connectivity index (χ3v) is 3.88. The Labute approximate surface area is 110 Å². The Morgan fingerprint density at radius 3 is 2.65 bits per heavy atom. The molecule has 0 aliphatic carbocycles. The van der Waals surface area contributed by atoms with Gasteiger partial charge in [0.15, 0.2) is 0 Å². The van der Waals surface area contributed by atoms with Crippen molar-refractivity contribution < 1.29 is 0 Å². The molecule has 5 heteroatoms. The lowest BCUT2D eigenvalue weighted by molar-refractivity contribution is 0.853. The maximum Gasteiger partial charge on any atom is 0.133 e. The van der Waals surface area contributed by atoms with Crippen LogP contribution in [-0.2, 0) is 0 Å². The number of nitrogens with zero attached hydrogens (tertiary/aromatic N) is 2. The van der Waals surface area contributed by atoms with E-state index in [1.807, 2.05) is 18.5 Å². The zero-order chi connectivity index (χ0) is 12.4. The van der Waals surface area contributed by atoms with Gasteiger partial charge in [0.2, 0.25) is 0 Å². The molecular weight excluding hydrogens is 254 g/mol. The van der Waals surface area contributed by atoms with Crippen LogP contribution in [0.5, 0.6) is 0 Å². The maximum absolute atomic E-state index is 6.18. The molecule has 0 atom stereocenters. The summed E-state index contributed by atoms with van der Waals surface area (Å²) in [6.07, 6.45) is 1.57. The molecule has 0 spiro atoms. The van der Waals surface area contributed by atoms with E-state index < -0.39 is 0 Å². The number of hydrogen-bond acceptors (Lipinski definition) is 4. The average molecular weight is 268 g/mol. The van der Waals surface area contributed by atoms with Crippen LogP contribution in [0.2, 0.25) is 5.02 Å². The van der Waals surface area contributed by atoms with Crippen molar-refractivity contribution >= 4 is 28.8 Å². The van der Waals surface area contributed by atoms with Crippen LogP contribution in [0.3, 0.4) is 0 Å². The van der Waals surface area contributed by atoms with E-state index in [9.17, 15) is 0 Å². The summed E-state index contributed by atoms with van der Waals surface area (Å²) in [5, 5.41) is 5.83. The Bertz CT molecular complexity index is 522. The van der Waals surface area contributed by atoms with Crippen LogP contribution in [0.1, 0.15) is 25.3 Å². The van der Waals surface area contributed by atoms with Crippen LogP contribution in [0, 0.1) is 0 Å². The highest BCUT2D eigenvalue weighted by Gasteiger charge is 2.18. The quantitative estimate of drug-likeness (QED) is 0.913. The van der Waals surface area contributed by atoms with Gasteiger partial charge >= 0.3 is 0 Å². The lowest BCUT2D eigenvalue weighted by atomic mass is 10.0. The summed E-state index contributed by atoms with van der Waals surface area (Å²) in [4.78, 5) is 9.65. The Balaban J connectivity index is 2.65. The van der Waals surface area contributed by atoms with Crippen molar-refractivity contribution in [2.24, 2.45) is 0 Å². The summed E-state index contributed by atoms with van der Waals surface area (Å²) in [6, 6.07) is 1.90. The van der Waals surface area contributed by atoms with Gasteiger partial charge in [-0.05, 0) is 17.4 Å². The summed E-state index contributed by atoms with van der Waals surface area (Å²) in [6.45, 7) is 4.26. The topological polar surface area (TPSA) is 37.8 Å². The zero-order valence-electron chi connectivity index (χ0n) is 9.99. The molecule has 0 aliphatic rings. The molecule has 0 unspecified atom stereocenters. The molecule has 0 bridgehead atoms. The van der Waals surface area contributed by atoms with Gasteiger partial charge in [-0.15, -0.1) is 11.3 Å². The highest BCUT2D eigenvalue weighted by atomic mass is 35.5. The van der Waals surface area contributed by atoms with E-state index in [2.05, 4.69) is 29.1 Å². The zero-order valence-corrected chi connectivity index (χ0v) is 11.6. The highest BCUT2D eigenvalue weighted by Crippen LogP contribution is 2.38. The first-order valence-electron chi connectivity index (χ1n) is 5.41. The second-order valence-electron chi connectivity index (χ2n) is 3.99. The first-order chi connectivity index (χ1) is 8.15. The summed E-state index contributed by atoms with van der Waals surface area (Å²) >= 11 is 7.78. The van der Waals surface area contributed by atoms with Gasteiger partial charge in [-0.1, -0.05) is 25.4 Å². The molecule has 2 heterocycles. The monoisotopic (exact) mass is 267 g/mol. The third kappa shape index (κ3) is 2.28. The van der Waals surface area contributed by atoms with Gasteiger partial charge in [0.05, 0.1) is 15.6 Å². The second-order valence-corrected chi connectivity index (χ2v) is 5.31. The van der Waals surface area contributed by atoms with Crippen molar-refractivity contribution in [1.82, 2.24) is 9.97 Å². The van der Waals surface area contributed by atoms with E-state index in [0.29, 0.717) is 5.92 Å². The minimum absolute atomic E-state index is 0.340. The molecule has 2 aromatic rings.